The lowest BCUT2D eigenvalue weighted by molar-refractivity contribution is 0.0504. The van der Waals surface area contributed by atoms with E-state index in [4.69, 9.17) is 9.84 Å². The maximum Gasteiger partial charge on any atom is 0.367 e. The lowest BCUT2D eigenvalue weighted by Gasteiger charge is -1.97. The minimum Gasteiger partial charge on any atom is -0.493 e. The number of hydrogen-bond acceptors (Lipinski definition) is 5. The second kappa shape index (κ2) is 4.06. The molecule has 66 valence electrons. The number of hydrogen-bond donors (Lipinski definition) is 1. The molecule has 1 heterocycles. The molecule has 5 heteroatoms. The summed E-state index contributed by atoms with van der Waals surface area (Å²) >= 11 is 1.07. The molecule has 0 aromatic carbocycles. The molecule has 1 rings (SSSR count). The van der Waals surface area contributed by atoms with Crippen molar-refractivity contribution < 1.29 is 14.6 Å². The summed E-state index contributed by atoms with van der Waals surface area (Å²) in [6, 6.07) is 0. The maximum atomic E-state index is 11.0. The number of nitrogens with zero attached hydrogens (tertiary/aromatic N) is 1. The maximum absolute atomic E-state index is 11.0. The van der Waals surface area contributed by atoms with Gasteiger partial charge in [-0.2, -0.15) is 4.98 Å². The molecule has 0 saturated heterocycles. The van der Waals surface area contributed by atoms with Crippen molar-refractivity contribution in [2.75, 3.05) is 6.61 Å². The van der Waals surface area contributed by atoms with E-state index in [2.05, 4.69) is 4.98 Å². The average molecular weight is 187 g/mol. The highest BCUT2D eigenvalue weighted by molar-refractivity contribution is 7.11. The number of aromatic hydroxyl groups is 1. The molecule has 1 N–H and O–H groups in total. The van der Waals surface area contributed by atoms with Gasteiger partial charge in [-0.1, -0.05) is 6.92 Å². The third-order valence-electron chi connectivity index (χ3n) is 1.10. The predicted molar refractivity (Wildman–Crippen MR) is 44.4 cm³/mol. The first-order valence-electron chi connectivity index (χ1n) is 3.55. The fourth-order valence-electron chi connectivity index (χ4n) is 0.616. The summed E-state index contributed by atoms with van der Waals surface area (Å²) in [5.74, 6) is -0.606. The van der Waals surface area contributed by atoms with Crippen LogP contribution in [0, 0.1) is 0 Å². The molecule has 0 bridgehead atoms. The third-order valence-corrected chi connectivity index (χ3v) is 1.91. The van der Waals surface area contributed by atoms with Crippen LogP contribution >= 0.6 is 11.3 Å². The average Bonchev–Trinajstić information content (AvgIpc) is 2.47. The monoisotopic (exact) mass is 187 g/mol. The molecular formula is C7H9NO3S. The zero-order chi connectivity index (χ0) is 8.97. The highest BCUT2D eigenvalue weighted by atomic mass is 32.1. The van der Waals surface area contributed by atoms with E-state index in [1.807, 2.05) is 6.92 Å². The molecule has 0 aliphatic carbocycles. The Bertz CT molecular complexity index is 271. The van der Waals surface area contributed by atoms with E-state index in [1.165, 1.54) is 5.38 Å². The van der Waals surface area contributed by atoms with Gasteiger partial charge in [0.2, 0.25) is 10.9 Å². The van der Waals surface area contributed by atoms with E-state index >= 15 is 0 Å². The normalized spacial score (nSPS) is 9.75. The van der Waals surface area contributed by atoms with Crippen molar-refractivity contribution in [2.24, 2.45) is 0 Å². The van der Waals surface area contributed by atoms with Gasteiger partial charge in [-0.05, 0) is 6.42 Å². The number of carbonyl (C=O) groups excluding carboxylic acids is 1. The Morgan fingerprint density at radius 2 is 2.58 bits per heavy atom. The van der Waals surface area contributed by atoms with Gasteiger partial charge in [0.1, 0.15) is 0 Å². The van der Waals surface area contributed by atoms with Gasteiger partial charge in [-0.3, -0.25) is 0 Å². The molecular weight excluding hydrogens is 178 g/mol. The Morgan fingerprint density at radius 1 is 1.83 bits per heavy atom. The first kappa shape index (κ1) is 8.99. The summed E-state index contributed by atoms with van der Waals surface area (Å²) in [6.45, 7) is 2.30. The lowest BCUT2D eigenvalue weighted by Crippen LogP contribution is -2.04. The van der Waals surface area contributed by atoms with E-state index in [9.17, 15) is 4.79 Å². The molecule has 0 saturated carbocycles. The van der Waals surface area contributed by atoms with Crippen LogP contribution in [0.2, 0.25) is 0 Å². The Morgan fingerprint density at radius 3 is 3.08 bits per heavy atom. The van der Waals surface area contributed by atoms with Crippen LogP contribution in [0.4, 0.5) is 0 Å². The van der Waals surface area contributed by atoms with E-state index in [0.29, 0.717) is 6.61 Å². The fraction of sp³-hybridized carbons (Fsp3) is 0.429. The summed E-state index contributed by atoms with van der Waals surface area (Å²) in [5.41, 5.74) is 0. The highest BCUT2D eigenvalue weighted by Gasteiger charge is 2.11. The van der Waals surface area contributed by atoms with Gasteiger partial charge in [-0.15, -0.1) is 11.3 Å². The molecule has 0 unspecified atom stereocenters. The quantitative estimate of drug-likeness (QED) is 0.727. The van der Waals surface area contributed by atoms with Crippen LogP contribution < -0.4 is 0 Å². The van der Waals surface area contributed by atoms with Gasteiger partial charge >= 0.3 is 5.97 Å². The molecule has 0 fully saturated rings. The molecule has 0 amide bonds. The molecule has 0 aliphatic heterocycles. The number of carbonyl (C=O) groups is 1. The molecule has 0 radical (unpaired) electrons. The Balaban J connectivity index is 2.53. The van der Waals surface area contributed by atoms with Gasteiger partial charge < -0.3 is 9.84 Å². The van der Waals surface area contributed by atoms with Crippen molar-refractivity contribution in [3.63, 3.8) is 0 Å². The standard InChI is InChI=1S/C7H9NO3S/c1-2-3-11-7(10)6-8-5(9)4-12-6/h4,9H,2-3H2,1H3. The number of aromatic nitrogens is 1. The van der Waals surface area contributed by atoms with Crippen LogP contribution in [-0.2, 0) is 4.74 Å². The molecule has 0 atom stereocenters. The fourth-order valence-corrected chi connectivity index (χ4v) is 1.19. The number of ether oxygens (including phenoxy) is 1. The smallest absolute Gasteiger partial charge is 0.367 e. The topological polar surface area (TPSA) is 59.4 Å². The SMILES string of the molecule is CCCOC(=O)c1nc(O)cs1. The summed E-state index contributed by atoms with van der Waals surface area (Å²) in [6.07, 6.45) is 0.781. The summed E-state index contributed by atoms with van der Waals surface area (Å²) in [4.78, 5) is 14.6. The van der Waals surface area contributed by atoms with E-state index < -0.39 is 5.97 Å². The molecule has 12 heavy (non-hydrogen) atoms. The van der Waals surface area contributed by atoms with Crippen molar-refractivity contribution in [3.05, 3.63) is 10.4 Å². The van der Waals surface area contributed by atoms with Crippen LogP contribution in [-0.4, -0.2) is 22.7 Å². The summed E-state index contributed by atoms with van der Waals surface area (Å²) < 4.78 is 4.79. The summed E-state index contributed by atoms with van der Waals surface area (Å²) in [7, 11) is 0. The third kappa shape index (κ3) is 2.20. The van der Waals surface area contributed by atoms with E-state index in [0.717, 1.165) is 17.8 Å². The van der Waals surface area contributed by atoms with Crippen molar-refractivity contribution in [1.82, 2.24) is 4.98 Å². The first-order chi connectivity index (χ1) is 5.74. The minimum atomic E-state index is -0.470. The minimum absolute atomic E-state index is 0.136. The van der Waals surface area contributed by atoms with Gasteiger partial charge in [0.05, 0.1) is 12.0 Å². The van der Waals surface area contributed by atoms with Crippen LogP contribution in [0.25, 0.3) is 0 Å². The Hall–Kier alpha value is -1.10. The predicted octanol–water partition coefficient (Wildman–Crippen LogP) is 1.42. The van der Waals surface area contributed by atoms with Crippen molar-refractivity contribution in [3.8, 4) is 5.88 Å². The molecule has 4 nitrogen and oxygen atoms in total. The zero-order valence-electron chi connectivity index (χ0n) is 6.61. The second-order valence-corrected chi connectivity index (χ2v) is 3.00. The van der Waals surface area contributed by atoms with Gasteiger partial charge in [-0.25, -0.2) is 4.79 Å². The van der Waals surface area contributed by atoms with Crippen LogP contribution in [0.15, 0.2) is 5.38 Å². The van der Waals surface area contributed by atoms with Crippen LogP contribution in [0.5, 0.6) is 5.88 Å². The molecule has 0 spiro atoms. The largest absolute Gasteiger partial charge is 0.493 e. The van der Waals surface area contributed by atoms with E-state index in [1.54, 1.807) is 0 Å². The Kier molecular flexibility index (Phi) is 3.04. The second-order valence-electron chi connectivity index (χ2n) is 2.15. The van der Waals surface area contributed by atoms with Gasteiger partial charge in [0.25, 0.3) is 0 Å². The molecule has 0 aliphatic rings. The summed E-state index contributed by atoms with van der Waals surface area (Å²) in [5, 5.41) is 10.4. The first-order valence-corrected chi connectivity index (χ1v) is 4.43. The van der Waals surface area contributed by atoms with Gasteiger partial charge in [0, 0.05) is 0 Å². The number of thiazole rings is 1. The molecule has 1 aromatic heterocycles. The van der Waals surface area contributed by atoms with Crippen LogP contribution in [0.3, 0.4) is 0 Å². The molecule has 1 aromatic rings. The number of rotatable bonds is 3. The number of esters is 1. The van der Waals surface area contributed by atoms with Gasteiger partial charge in [0.15, 0.2) is 0 Å². The van der Waals surface area contributed by atoms with Crippen molar-refractivity contribution in [2.45, 2.75) is 13.3 Å². The zero-order valence-corrected chi connectivity index (χ0v) is 7.43. The van der Waals surface area contributed by atoms with Crippen molar-refractivity contribution >= 4 is 17.3 Å². The van der Waals surface area contributed by atoms with Crippen LogP contribution in [0.1, 0.15) is 23.1 Å². The Labute approximate surface area is 73.8 Å². The van der Waals surface area contributed by atoms with Crippen molar-refractivity contribution in [1.29, 1.82) is 0 Å². The van der Waals surface area contributed by atoms with E-state index in [-0.39, 0.29) is 10.9 Å². The lowest BCUT2D eigenvalue weighted by atomic mass is 10.5. The highest BCUT2D eigenvalue weighted by Crippen LogP contribution is 2.15.